The van der Waals surface area contributed by atoms with Crippen molar-refractivity contribution < 1.29 is 19.0 Å². The lowest BCUT2D eigenvalue weighted by Gasteiger charge is -2.35. The standard InChI is InChI=1S/C8H14FNO3/c1-5-3-10(4-6(2)13-5)7(9)8(11)12/h5-7H,3-4H2,1-2H3,(H,11,12). The zero-order valence-corrected chi connectivity index (χ0v) is 7.74. The Kier molecular flexibility index (Phi) is 3.22. The van der Waals surface area contributed by atoms with Crippen LogP contribution in [-0.4, -0.2) is 47.6 Å². The molecule has 3 unspecified atom stereocenters. The number of carboxylic acids is 1. The minimum Gasteiger partial charge on any atom is -0.478 e. The molecule has 0 aromatic rings. The molecule has 1 aliphatic heterocycles. The van der Waals surface area contributed by atoms with E-state index >= 15 is 0 Å². The van der Waals surface area contributed by atoms with Gasteiger partial charge in [-0.25, -0.2) is 9.18 Å². The van der Waals surface area contributed by atoms with Gasteiger partial charge in [0.15, 0.2) is 0 Å². The number of hydrogen-bond donors (Lipinski definition) is 1. The molecule has 76 valence electrons. The molecular weight excluding hydrogens is 177 g/mol. The van der Waals surface area contributed by atoms with Crippen molar-refractivity contribution in [3.8, 4) is 0 Å². The third-order valence-electron chi connectivity index (χ3n) is 1.97. The van der Waals surface area contributed by atoms with Crippen molar-refractivity contribution in [1.82, 2.24) is 4.90 Å². The molecule has 1 aliphatic rings. The van der Waals surface area contributed by atoms with Crippen molar-refractivity contribution in [3.63, 3.8) is 0 Å². The first-order valence-corrected chi connectivity index (χ1v) is 4.27. The summed E-state index contributed by atoms with van der Waals surface area (Å²) in [6.07, 6.45) is -2.13. The van der Waals surface area contributed by atoms with Crippen LogP contribution in [0.4, 0.5) is 4.39 Å². The lowest BCUT2D eigenvalue weighted by atomic mass is 10.2. The first kappa shape index (κ1) is 10.4. The quantitative estimate of drug-likeness (QED) is 0.645. The molecule has 0 saturated carbocycles. The fraction of sp³-hybridized carbons (Fsp3) is 0.875. The van der Waals surface area contributed by atoms with Crippen LogP contribution in [0.15, 0.2) is 0 Å². The van der Waals surface area contributed by atoms with Gasteiger partial charge in [0.25, 0.3) is 6.30 Å². The van der Waals surface area contributed by atoms with E-state index in [9.17, 15) is 9.18 Å². The zero-order chi connectivity index (χ0) is 10.0. The second-order valence-corrected chi connectivity index (χ2v) is 3.39. The summed E-state index contributed by atoms with van der Waals surface area (Å²) >= 11 is 0. The van der Waals surface area contributed by atoms with Gasteiger partial charge >= 0.3 is 5.97 Å². The number of rotatable bonds is 2. The van der Waals surface area contributed by atoms with Crippen LogP contribution in [0.25, 0.3) is 0 Å². The summed E-state index contributed by atoms with van der Waals surface area (Å²) in [6, 6.07) is 0. The molecule has 1 saturated heterocycles. The predicted octanol–water partition coefficient (Wildman–Crippen LogP) is 0.476. The van der Waals surface area contributed by atoms with Gasteiger partial charge in [0.1, 0.15) is 0 Å². The largest absolute Gasteiger partial charge is 0.478 e. The number of nitrogens with zero attached hydrogens (tertiary/aromatic N) is 1. The van der Waals surface area contributed by atoms with E-state index in [2.05, 4.69) is 0 Å². The minimum absolute atomic E-state index is 0.110. The molecule has 0 aromatic heterocycles. The molecule has 0 amide bonds. The molecule has 13 heavy (non-hydrogen) atoms. The van der Waals surface area contributed by atoms with Crippen molar-refractivity contribution in [2.75, 3.05) is 13.1 Å². The smallest absolute Gasteiger partial charge is 0.353 e. The van der Waals surface area contributed by atoms with Gasteiger partial charge in [-0.05, 0) is 13.8 Å². The van der Waals surface area contributed by atoms with Crippen LogP contribution in [0.3, 0.4) is 0 Å². The van der Waals surface area contributed by atoms with Gasteiger partial charge in [-0.15, -0.1) is 0 Å². The molecule has 1 fully saturated rings. The van der Waals surface area contributed by atoms with Crippen LogP contribution >= 0.6 is 0 Å². The zero-order valence-electron chi connectivity index (χ0n) is 7.74. The highest BCUT2D eigenvalue weighted by molar-refractivity contribution is 5.71. The Morgan fingerprint density at radius 1 is 1.54 bits per heavy atom. The first-order valence-electron chi connectivity index (χ1n) is 4.27. The highest BCUT2D eigenvalue weighted by Gasteiger charge is 2.31. The molecule has 0 aromatic carbocycles. The van der Waals surface area contributed by atoms with E-state index in [1.165, 1.54) is 4.90 Å². The number of carboxylic acid groups (broad SMARTS) is 1. The Morgan fingerprint density at radius 2 is 2.00 bits per heavy atom. The summed E-state index contributed by atoms with van der Waals surface area (Å²) < 4.78 is 18.4. The molecule has 0 aliphatic carbocycles. The minimum atomic E-state index is -1.91. The predicted molar refractivity (Wildman–Crippen MR) is 44.1 cm³/mol. The van der Waals surface area contributed by atoms with E-state index in [-0.39, 0.29) is 12.2 Å². The molecule has 0 spiro atoms. The molecule has 4 nitrogen and oxygen atoms in total. The van der Waals surface area contributed by atoms with Crippen molar-refractivity contribution in [2.45, 2.75) is 32.4 Å². The second-order valence-electron chi connectivity index (χ2n) is 3.39. The monoisotopic (exact) mass is 191 g/mol. The topological polar surface area (TPSA) is 49.8 Å². The molecule has 0 bridgehead atoms. The maximum Gasteiger partial charge on any atom is 0.353 e. The summed E-state index contributed by atoms with van der Waals surface area (Å²) in [6.45, 7) is 4.27. The molecule has 1 heterocycles. The molecule has 3 atom stereocenters. The Hall–Kier alpha value is -0.680. The van der Waals surface area contributed by atoms with E-state index in [4.69, 9.17) is 9.84 Å². The van der Waals surface area contributed by atoms with Crippen LogP contribution in [0.1, 0.15) is 13.8 Å². The van der Waals surface area contributed by atoms with Crippen LogP contribution in [0.5, 0.6) is 0 Å². The van der Waals surface area contributed by atoms with Crippen LogP contribution < -0.4 is 0 Å². The van der Waals surface area contributed by atoms with Crippen LogP contribution in [0.2, 0.25) is 0 Å². The van der Waals surface area contributed by atoms with Crippen molar-refractivity contribution in [2.24, 2.45) is 0 Å². The summed E-state index contributed by atoms with van der Waals surface area (Å²) in [5, 5.41) is 8.45. The van der Waals surface area contributed by atoms with Gasteiger partial charge in [-0.3, -0.25) is 4.90 Å². The number of morpholine rings is 1. The van der Waals surface area contributed by atoms with Gasteiger partial charge in [0.05, 0.1) is 12.2 Å². The maximum absolute atomic E-state index is 13.0. The fourth-order valence-corrected chi connectivity index (χ4v) is 1.56. The van der Waals surface area contributed by atoms with E-state index in [0.717, 1.165) is 0 Å². The molecular formula is C8H14FNO3. The van der Waals surface area contributed by atoms with Crippen LogP contribution in [-0.2, 0) is 9.53 Å². The molecule has 1 N–H and O–H groups in total. The number of aliphatic carboxylic acids is 1. The van der Waals surface area contributed by atoms with Gasteiger partial charge < -0.3 is 9.84 Å². The Balaban J connectivity index is 2.54. The Labute approximate surface area is 76.3 Å². The number of ether oxygens (including phenoxy) is 1. The summed E-state index contributed by atoms with van der Waals surface area (Å²) in [7, 11) is 0. The third kappa shape index (κ3) is 2.63. The van der Waals surface area contributed by atoms with E-state index in [1.807, 2.05) is 0 Å². The maximum atomic E-state index is 13.0. The van der Waals surface area contributed by atoms with Gasteiger partial charge in [-0.1, -0.05) is 0 Å². The average Bonchev–Trinajstić information content (AvgIpc) is 2.01. The number of alkyl halides is 1. The van der Waals surface area contributed by atoms with Crippen LogP contribution in [0, 0.1) is 0 Å². The lowest BCUT2D eigenvalue weighted by Crippen LogP contribution is -2.51. The highest BCUT2D eigenvalue weighted by Crippen LogP contribution is 2.14. The lowest BCUT2D eigenvalue weighted by molar-refractivity contribution is -0.159. The summed E-state index contributed by atoms with van der Waals surface area (Å²) in [5.41, 5.74) is 0. The normalized spacial score (nSPS) is 32.8. The number of carbonyl (C=O) groups is 1. The van der Waals surface area contributed by atoms with Gasteiger partial charge in [0, 0.05) is 13.1 Å². The van der Waals surface area contributed by atoms with Crippen molar-refractivity contribution in [1.29, 1.82) is 0 Å². The van der Waals surface area contributed by atoms with Crippen molar-refractivity contribution >= 4 is 5.97 Å². The second kappa shape index (κ2) is 4.02. The molecule has 1 rings (SSSR count). The SMILES string of the molecule is CC1CN(C(F)C(=O)O)CC(C)O1. The van der Waals surface area contributed by atoms with E-state index in [0.29, 0.717) is 13.1 Å². The van der Waals surface area contributed by atoms with Crippen molar-refractivity contribution in [3.05, 3.63) is 0 Å². The molecule has 5 heteroatoms. The van der Waals surface area contributed by atoms with E-state index < -0.39 is 12.3 Å². The van der Waals surface area contributed by atoms with Gasteiger partial charge in [0.2, 0.25) is 0 Å². The third-order valence-corrected chi connectivity index (χ3v) is 1.97. The number of hydrogen-bond acceptors (Lipinski definition) is 3. The molecule has 0 radical (unpaired) electrons. The Bertz CT molecular complexity index is 190. The highest BCUT2D eigenvalue weighted by atomic mass is 19.1. The fourth-order valence-electron chi connectivity index (χ4n) is 1.56. The summed E-state index contributed by atoms with van der Waals surface area (Å²) in [5.74, 6) is -1.43. The summed E-state index contributed by atoms with van der Waals surface area (Å²) in [4.78, 5) is 11.6. The average molecular weight is 191 g/mol. The van der Waals surface area contributed by atoms with Gasteiger partial charge in [-0.2, -0.15) is 0 Å². The first-order chi connectivity index (χ1) is 6.00. The number of halogens is 1. The van der Waals surface area contributed by atoms with E-state index in [1.54, 1.807) is 13.8 Å². The Morgan fingerprint density at radius 3 is 2.38 bits per heavy atom.